The number of carboxylic acids is 1. The number of carboxylic acid groups (broad SMARTS) is 1. The molecule has 0 saturated carbocycles. The monoisotopic (exact) mass is 408 g/mol. The molecule has 3 rings (SSSR count). The van der Waals surface area contributed by atoms with Gasteiger partial charge in [0.05, 0.1) is 5.56 Å². The number of hydrogen-bond donors (Lipinski definition) is 2. The van der Waals surface area contributed by atoms with Gasteiger partial charge in [-0.05, 0) is 65.5 Å². The highest BCUT2D eigenvalue weighted by atomic mass is 16.6. The van der Waals surface area contributed by atoms with Gasteiger partial charge in [-0.3, -0.25) is 0 Å². The van der Waals surface area contributed by atoms with E-state index in [1.807, 2.05) is 0 Å². The second kappa shape index (κ2) is 8.23. The Bertz CT molecular complexity index is 973. The van der Waals surface area contributed by atoms with E-state index >= 15 is 0 Å². The quantitative estimate of drug-likeness (QED) is 0.410. The lowest BCUT2D eigenvalue weighted by Crippen LogP contribution is -2.34. The minimum absolute atomic E-state index is 0.0731. The Labute approximate surface area is 178 Å². The number of hydrogen-bond acceptors (Lipinski definition) is 4. The Morgan fingerprint density at radius 2 is 1.57 bits per heavy atom. The van der Waals surface area contributed by atoms with E-state index in [-0.39, 0.29) is 16.4 Å². The minimum Gasteiger partial charge on any atom is -0.478 e. The average molecular weight is 409 g/mol. The van der Waals surface area contributed by atoms with Crippen LogP contribution in [0.2, 0.25) is 0 Å². The number of rotatable bonds is 6. The molecule has 0 fully saturated rings. The van der Waals surface area contributed by atoms with Crippen LogP contribution in [0.4, 0.5) is 0 Å². The first kappa shape index (κ1) is 22.0. The van der Waals surface area contributed by atoms with Crippen molar-refractivity contribution in [1.29, 1.82) is 0 Å². The lowest BCUT2D eigenvalue weighted by Gasteiger charge is -2.42. The molecule has 1 aliphatic rings. The summed E-state index contributed by atoms with van der Waals surface area (Å²) in [4.78, 5) is 16.7. The van der Waals surface area contributed by atoms with E-state index in [4.69, 9.17) is 10.6 Å². The molecular formula is C25H32N2O3. The number of nitrogens with zero attached hydrogens (tertiary/aromatic N) is 1. The van der Waals surface area contributed by atoms with E-state index in [0.717, 1.165) is 29.5 Å². The van der Waals surface area contributed by atoms with Crippen LogP contribution in [0.25, 0.3) is 0 Å². The molecule has 0 aliphatic heterocycles. The summed E-state index contributed by atoms with van der Waals surface area (Å²) in [6.07, 6.45) is 2.28. The fraction of sp³-hybridized carbons (Fsp3) is 0.440. The van der Waals surface area contributed by atoms with Crippen LogP contribution in [-0.2, 0) is 15.7 Å². The van der Waals surface area contributed by atoms with E-state index in [1.54, 1.807) is 24.3 Å². The number of carbonyl (C=O) groups is 1. The Hall–Kier alpha value is -2.66. The largest absolute Gasteiger partial charge is 0.478 e. The van der Waals surface area contributed by atoms with Gasteiger partial charge in [0, 0.05) is 17.7 Å². The van der Waals surface area contributed by atoms with Crippen molar-refractivity contribution in [2.45, 2.75) is 58.3 Å². The zero-order chi connectivity index (χ0) is 22.1. The number of nitrogens with two attached hydrogens (primary N) is 1. The van der Waals surface area contributed by atoms with Crippen molar-refractivity contribution < 1.29 is 14.7 Å². The predicted octanol–water partition coefficient (Wildman–Crippen LogP) is 4.77. The Balaban J connectivity index is 2.16. The highest BCUT2D eigenvalue weighted by Gasteiger charge is 2.37. The molecule has 0 bridgehead atoms. The summed E-state index contributed by atoms with van der Waals surface area (Å²) in [6.45, 7) is 12.0. The van der Waals surface area contributed by atoms with Crippen molar-refractivity contribution in [1.82, 2.24) is 0 Å². The Kier molecular flexibility index (Phi) is 6.04. The molecule has 2 aromatic carbocycles. The molecule has 0 atom stereocenters. The maximum Gasteiger partial charge on any atom is 0.335 e. The third-order valence-electron chi connectivity index (χ3n) is 6.22. The van der Waals surface area contributed by atoms with Gasteiger partial charge in [-0.1, -0.05) is 51.0 Å². The average Bonchev–Trinajstić information content (AvgIpc) is 2.69. The molecule has 2 aromatic rings. The molecule has 0 heterocycles. The predicted molar refractivity (Wildman–Crippen MR) is 121 cm³/mol. The van der Waals surface area contributed by atoms with E-state index in [2.05, 4.69) is 51.9 Å². The first-order valence-corrected chi connectivity index (χ1v) is 10.5. The molecular weight excluding hydrogens is 376 g/mol. The number of fused-ring (bicyclic) bond motifs is 1. The lowest BCUT2D eigenvalue weighted by atomic mass is 9.62. The van der Waals surface area contributed by atoms with Gasteiger partial charge >= 0.3 is 5.97 Å². The molecule has 0 amide bonds. The summed E-state index contributed by atoms with van der Waals surface area (Å²) >= 11 is 0. The molecule has 0 aromatic heterocycles. The van der Waals surface area contributed by atoms with Crippen LogP contribution < -0.4 is 5.73 Å². The van der Waals surface area contributed by atoms with Crippen molar-refractivity contribution >= 4 is 11.7 Å². The van der Waals surface area contributed by atoms with Crippen LogP contribution in [0.3, 0.4) is 0 Å². The van der Waals surface area contributed by atoms with Gasteiger partial charge < -0.3 is 15.7 Å². The SMILES string of the molecule is Cc1cc2c(cc1/C(=N/OCCN)c1ccc(C(=O)O)cc1)C(C)(C)CCC2(C)C. The topological polar surface area (TPSA) is 84.9 Å². The molecule has 0 spiro atoms. The standard InChI is InChI=1S/C25H32N2O3/c1-16-14-20-21(25(4,5)11-10-24(20,2)3)15-19(16)22(27-30-13-12-26)17-6-8-18(9-7-17)23(28)29/h6-9,14-15H,10-13,26H2,1-5H3,(H,28,29)/b27-22+. The van der Waals surface area contributed by atoms with Crippen molar-refractivity contribution in [3.8, 4) is 0 Å². The zero-order valence-corrected chi connectivity index (χ0v) is 18.6. The van der Waals surface area contributed by atoms with Gasteiger partial charge in [-0.2, -0.15) is 0 Å². The normalized spacial score (nSPS) is 17.3. The Morgan fingerprint density at radius 3 is 2.10 bits per heavy atom. The fourth-order valence-corrected chi connectivity index (χ4v) is 4.17. The van der Waals surface area contributed by atoms with Crippen molar-refractivity contribution in [2.75, 3.05) is 13.2 Å². The molecule has 0 saturated heterocycles. The van der Waals surface area contributed by atoms with E-state index in [1.165, 1.54) is 11.1 Å². The molecule has 30 heavy (non-hydrogen) atoms. The van der Waals surface area contributed by atoms with Gasteiger partial charge in [0.2, 0.25) is 0 Å². The van der Waals surface area contributed by atoms with Gasteiger partial charge in [-0.15, -0.1) is 0 Å². The maximum absolute atomic E-state index is 11.2. The third kappa shape index (κ3) is 4.26. The summed E-state index contributed by atoms with van der Waals surface area (Å²) in [5, 5.41) is 13.6. The molecule has 0 unspecified atom stereocenters. The van der Waals surface area contributed by atoms with Crippen molar-refractivity contribution in [3.05, 3.63) is 69.8 Å². The van der Waals surface area contributed by atoms with Crippen LogP contribution in [0, 0.1) is 6.92 Å². The summed E-state index contributed by atoms with van der Waals surface area (Å²) in [5.41, 5.74) is 12.4. The van der Waals surface area contributed by atoms with Gasteiger partial charge in [0.1, 0.15) is 12.3 Å². The fourth-order valence-electron chi connectivity index (χ4n) is 4.17. The van der Waals surface area contributed by atoms with Gasteiger partial charge in [0.25, 0.3) is 0 Å². The molecule has 0 radical (unpaired) electrons. The second-order valence-electron chi connectivity index (χ2n) is 9.42. The smallest absolute Gasteiger partial charge is 0.335 e. The van der Waals surface area contributed by atoms with Crippen LogP contribution in [0.5, 0.6) is 0 Å². The van der Waals surface area contributed by atoms with Crippen LogP contribution >= 0.6 is 0 Å². The number of benzene rings is 2. The Morgan fingerprint density at radius 1 is 1.03 bits per heavy atom. The third-order valence-corrected chi connectivity index (χ3v) is 6.22. The summed E-state index contributed by atoms with van der Waals surface area (Å²) in [6, 6.07) is 11.3. The first-order valence-electron chi connectivity index (χ1n) is 10.5. The molecule has 5 heteroatoms. The first-order chi connectivity index (χ1) is 14.1. The molecule has 160 valence electrons. The number of aryl methyl sites for hydroxylation is 1. The van der Waals surface area contributed by atoms with Crippen molar-refractivity contribution in [3.63, 3.8) is 0 Å². The van der Waals surface area contributed by atoms with E-state index in [0.29, 0.717) is 18.9 Å². The van der Waals surface area contributed by atoms with Crippen LogP contribution in [0.1, 0.15) is 78.7 Å². The van der Waals surface area contributed by atoms with Gasteiger partial charge in [-0.25, -0.2) is 4.79 Å². The zero-order valence-electron chi connectivity index (χ0n) is 18.6. The van der Waals surface area contributed by atoms with E-state index in [9.17, 15) is 9.90 Å². The minimum atomic E-state index is -0.951. The second-order valence-corrected chi connectivity index (χ2v) is 9.42. The lowest BCUT2D eigenvalue weighted by molar-refractivity contribution is 0.0697. The summed E-state index contributed by atoms with van der Waals surface area (Å²) < 4.78 is 0. The molecule has 5 nitrogen and oxygen atoms in total. The van der Waals surface area contributed by atoms with Gasteiger partial charge in [0.15, 0.2) is 0 Å². The van der Waals surface area contributed by atoms with Crippen molar-refractivity contribution in [2.24, 2.45) is 10.9 Å². The number of oxime groups is 1. The maximum atomic E-state index is 11.2. The highest BCUT2D eigenvalue weighted by molar-refractivity contribution is 6.14. The van der Waals surface area contributed by atoms with Crippen LogP contribution in [0.15, 0.2) is 41.6 Å². The summed E-state index contributed by atoms with van der Waals surface area (Å²) in [5.74, 6) is -0.951. The van der Waals surface area contributed by atoms with Crippen LogP contribution in [-0.4, -0.2) is 29.9 Å². The molecule has 3 N–H and O–H groups in total. The van der Waals surface area contributed by atoms with E-state index < -0.39 is 5.97 Å². The number of aromatic carboxylic acids is 1. The molecule has 1 aliphatic carbocycles. The highest BCUT2D eigenvalue weighted by Crippen LogP contribution is 2.46. The summed E-state index contributed by atoms with van der Waals surface area (Å²) in [7, 11) is 0.